The first kappa shape index (κ1) is 19.6. The van der Waals surface area contributed by atoms with E-state index in [1.807, 2.05) is 6.07 Å². The van der Waals surface area contributed by atoms with E-state index in [4.69, 9.17) is 4.74 Å². The third-order valence-corrected chi connectivity index (χ3v) is 5.83. The fourth-order valence-electron chi connectivity index (χ4n) is 2.86. The summed E-state index contributed by atoms with van der Waals surface area (Å²) in [5.41, 5.74) is 1.57. The summed E-state index contributed by atoms with van der Waals surface area (Å²) in [6, 6.07) is 8.39. The monoisotopic (exact) mass is 417 g/mol. The molecule has 0 amide bonds. The average Bonchev–Trinajstić information content (AvgIpc) is 3.52. The Morgan fingerprint density at radius 3 is 2.69 bits per heavy atom. The van der Waals surface area contributed by atoms with Crippen LogP contribution >= 0.6 is 11.8 Å². The molecule has 0 saturated heterocycles. The van der Waals surface area contributed by atoms with Gasteiger partial charge in [-0.05, 0) is 48.7 Å². The lowest BCUT2D eigenvalue weighted by atomic mass is 10.1. The number of thioether (sulfide) groups is 1. The number of rotatable bonds is 7. The van der Waals surface area contributed by atoms with E-state index in [0.717, 1.165) is 23.6 Å². The Labute approximate surface area is 170 Å². The summed E-state index contributed by atoms with van der Waals surface area (Å²) in [5.74, 6) is -0.586. The topological polar surface area (TPSA) is 47.0 Å². The van der Waals surface area contributed by atoms with Crippen LogP contribution < -0.4 is 10.1 Å². The van der Waals surface area contributed by atoms with Crippen LogP contribution in [0.2, 0.25) is 0 Å². The molecule has 29 heavy (non-hydrogen) atoms. The van der Waals surface area contributed by atoms with Gasteiger partial charge >= 0.3 is 0 Å². The van der Waals surface area contributed by atoms with Gasteiger partial charge < -0.3 is 10.1 Å². The Bertz CT molecular complexity index is 1040. The fraction of sp³-hybridized carbons (Fsp3) is 0.238. The lowest BCUT2D eigenvalue weighted by Gasteiger charge is -2.11. The van der Waals surface area contributed by atoms with Crippen LogP contribution in [0.4, 0.5) is 24.8 Å². The van der Waals surface area contributed by atoms with Crippen molar-refractivity contribution in [3.63, 3.8) is 0 Å². The first-order valence-corrected chi connectivity index (χ1v) is 10.1. The van der Waals surface area contributed by atoms with E-state index in [1.165, 1.54) is 44.2 Å². The molecule has 3 aromatic rings. The van der Waals surface area contributed by atoms with Gasteiger partial charge in [-0.3, -0.25) is 0 Å². The van der Waals surface area contributed by atoms with E-state index in [2.05, 4.69) is 15.3 Å². The number of hydrogen-bond donors (Lipinski definition) is 1. The first-order valence-electron chi connectivity index (χ1n) is 9.06. The molecular weight excluding hydrogens is 399 g/mol. The molecule has 1 saturated carbocycles. The van der Waals surface area contributed by atoms with Crippen molar-refractivity contribution in [2.45, 2.75) is 23.8 Å². The standard InChI is InChI=1S/C21H18F3N3OS/c1-28-19-9-13(22)2-5-17(19)20-18(24)10-25-21(27-20)26-15-7-12(6-14(23)8-15)11-29-16-3-4-16/h2,5-10,16H,3-4,11H2,1H3,(H,25,26,27). The number of nitrogens with one attached hydrogen (secondary N) is 1. The first-order chi connectivity index (χ1) is 14.0. The summed E-state index contributed by atoms with van der Waals surface area (Å²) in [6.07, 6.45) is 3.44. The smallest absolute Gasteiger partial charge is 0.227 e. The molecular formula is C21H18F3N3OS. The predicted octanol–water partition coefficient (Wildman–Crippen LogP) is 5.71. The molecule has 1 aliphatic carbocycles. The van der Waals surface area contributed by atoms with Crippen molar-refractivity contribution in [3.05, 3.63) is 65.6 Å². The predicted molar refractivity (Wildman–Crippen MR) is 108 cm³/mol. The van der Waals surface area contributed by atoms with E-state index < -0.39 is 11.6 Å². The van der Waals surface area contributed by atoms with Crippen molar-refractivity contribution in [1.82, 2.24) is 9.97 Å². The number of ether oxygens (including phenoxy) is 1. The highest BCUT2D eigenvalue weighted by Gasteiger charge is 2.21. The van der Waals surface area contributed by atoms with Crippen molar-refractivity contribution in [2.75, 3.05) is 12.4 Å². The lowest BCUT2D eigenvalue weighted by molar-refractivity contribution is 0.412. The Balaban J connectivity index is 1.61. The van der Waals surface area contributed by atoms with Crippen LogP contribution in [-0.4, -0.2) is 22.3 Å². The van der Waals surface area contributed by atoms with E-state index in [-0.39, 0.29) is 28.8 Å². The van der Waals surface area contributed by atoms with Gasteiger partial charge in [0.2, 0.25) is 5.95 Å². The second-order valence-electron chi connectivity index (χ2n) is 6.72. The summed E-state index contributed by atoms with van der Waals surface area (Å²) < 4.78 is 47.0. The van der Waals surface area contributed by atoms with Crippen molar-refractivity contribution < 1.29 is 17.9 Å². The van der Waals surface area contributed by atoms with Crippen LogP contribution in [0.25, 0.3) is 11.3 Å². The van der Waals surface area contributed by atoms with E-state index >= 15 is 0 Å². The molecule has 0 unspecified atom stereocenters. The molecule has 1 aliphatic rings. The number of hydrogen-bond acceptors (Lipinski definition) is 5. The Hall–Kier alpha value is -2.74. The average molecular weight is 417 g/mol. The summed E-state index contributed by atoms with van der Waals surface area (Å²) in [4.78, 5) is 8.13. The number of aromatic nitrogens is 2. The molecule has 0 atom stereocenters. The largest absolute Gasteiger partial charge is 0.496 e. The van der Waals surface area contributed by atoms with Crippen molar-refractivity contribution >= 4 is 23.4 Å². The molecule has 1 fully saturated rings. The van der Waals surface area contributed by atoms with Gasteiger partial charge in [0.05, 0.1) is 13.3 Å². The third-order valence-electron chi connectivity index (χ3n) is 4.39. The highest BCUT2D eigenvalue weighted by atomic mass is 32.2. The van der Waals surface area contributed by atoms with Crippen LogP contribution in [0.1, 0.15) is 18.4 Å². The molecule has 1 N–H and O–H groups in total. The zero-order valence-electron chi connectivity index (χ0n) is 15.6. The molecule has 8 heteroatoms. The summed E-state index contributed by atoms with van der Waals surface area (Å²) >= 11 is 1.81. The lowest BCUT2D eigenvalue weighted by Crippen LogP contribution is -2.02. The van der Waals surface area contributed by atoms with Gasteiger partial charge in [-0.25, -0.2) is 23.1 Å². The number of anilines is 2. The third kappa shape index (κ3) is 4.82. The maximum Gasteiger partial charge on any atom is 0.227 e. The Kier molecular flexibility index (Phi) is 5.62. The van der Waals surface area contributed by atoms with Gasteiger partial charge in [-0.1, -0.05) is 0 Å². The highest BCUT2D eigenvalue weighted by molar-refractivity contribution is 7.99. The zero-order valence-corrected chi connectivity index (χ0v) is 16.4. The number of methoxy groups -OCH3 is 1. The number of halogens is 3. The number of benzene rings is 2. The van der Waals surface area contributed by atoms with Gasteiger partial charge in [0.15, 0.2) is 5.82 Å². The maximum atomic E-state index is 14.4. The molecule has 0 bridgehead atoms. The zero-order chi connectivity index (χ0) is 20.4. The minimum Gasteiger partial charge on any atom is -0.496 e. The van der Waals surface area contributed by atoms with Crippen LogP contribution in [0.3, 0.4) is 0 Å². The van der Waals surface area contributed by atoms with Gasteiger partial charge in [-0.2, -0.15) is 11.8 Å². The second-order valence-corrected chi connectivity index (χ2v) is 8.01. The number of nitrogens with zero attached hydrogens (tertiary/aromatic N) is 2. The van der Waals surface area contributed by atoms with Gasteiger partial charge in [0, 0.05) is 28.3 Å². The van der Waals surface area contributed by atoms with Crippen molar-refractivity contribution in [2.24, 2.45) is 0 Å². The van der Waals surface area contributed by atoms with Crippen molar-refractivity contribution in [3.8, 4) is 17.0 Å². The molecule has 0 radical (unpaired) electrons. The molecule has 1 heterocycles. The molecule has 2 aromatic carbocycles. The minimum atomic E-state index is -0.679. The van der Waals surface area contributed by atoms with Crippen LogP contribution in [0.15, 0.2) is 42.6 Å². The molecule has 1 aromatic heterocycles. The van der Waals surface area contributed by atoms with Crippen LogP contribution in [-0.2, 0) is 5.75 Å². The van der Waals surface area contributed by atoms with Crippen LogP contribution in [0.5, 0.6) is 5.75 Å². The molecule has 4 nitrogen and oxygen atoms in total. The molecule has 0 aliphatic heterocycles. The van der Waals surface area contributed by atoms with Gasteiger partial charge in [0.25, 0.3) is 0 Å². The highest BCUT2D eigenvalue weighted by Crippen LogP contribution is 2.36. The molecule has 4 rings (SSSR count). The maximum absolute atomic E-state index is 14.4. The Morgan fingerprint density at radius 2 is 1.93 bits per heavy atom. The van der Waals surface area contributed by atoms with E-state index in [0.29, 0.717) is 10.9 Å². The Morgan fingerprint density at radius 1 is 1.10 bits per heavy atom. The fourth-order valence-corrected chi connectivity index (χ4v) is 3.92. The SMILES string of the molecule is COc1cc(F)ccc1-c1nc(Nc2cc(F)cc(CSC3CC3)c2)ncc1F. The quantitative estimate of drug-likeness (QED) is 0.534. The van der Waals surface area contributed by atoms with E-state index in [1.54, 1.807) is 11.8 Å². The normalized spacial score (nSPS) is 13.4. The second kappa shape index (κ2) is 8.32. The van der Waals surface area contributed by atoms with E-state index in [9.17, 15) is 13.2 Å². The summed E-state index contributed by atoms with van der Waals surface area (Å²) in [7, 11) is 1.37. The van der Waals surface area contributed by atoms with Crippen molar-refractivity contribution in [1.29, 1.82) is 0 Å². The van der Waals surface area contributed by atoms with Crippen LogP contribution in [0, 0.1) is 17.5 Å². The molecule has 150 valence electrons. The summed E-state index contributed by atoms with van der Waals surface area (Å²) in [6.45, 7) is 0. The summed E-state index contributed by atoms with van der Waals surface area (Å²) in [5, 5.41) is 3.59. The van der Waals surface area contributed by atoms with Gasteiger partial charge in [-0.15, -0.1) is 0 Å². The minimum absolute atomic E-state index is 0.0414. The molecule has 0 spiro atoms. The van der Waals surface area contributed by atoms with Gasteiger partial charge in [0.1, 0.15) is 23.1 Å².